The number of carbonyl (C=O) groups is 1. The zero-order valence-electron chi connectivity index (χ0n) is 18.3. The number of halogens is 1. The minimum atomic E-state index is -0.521. The van der Waals surface area contributed by atoms with Crippen LogP contribution in [0.5, 0.6) is 5.75 Å². The number of hydrogen-bond donors (Lipinski definition) is 0. The van der Waals surface area contributed by atoms with Gasteiger partial charge >= 0.3 is 0 Å². The van der Waals surface area contributed by atoms with Gasteiger partial charge in [-0.25, -0.2) is 14.4 Å². The Bertz CT molecular complexity index is 1270. The highest BCUT2D eigenvalue weighted by Gasteiger charge is 2.38. The lowest BCUT2D eigenvalue weighted by molar-refractivity contribution is 0.0988. The molecule has 1 aliphatic heterocycles. The van der Waals surface area contributed by atoms with Gasteiger partial charge in [-0.15, -0.1) is 0 Å². The summed E-state index contributed by atoms with van der Waals surface area (Å²) in [6.07, 6.45) is 5.16. The molecule has 6 nitrogen and oxygen atoms in total. The van der Waals surface area contributed by atoms with E-state index in [0.29, 0.717) is 23.3 Å². The first-order chi connectivity index (χ1) is 16.1. The van der Waals surface area contributed by atoms with Crippen LogP contribution in [0.4, 0.5) is 10.1 Å². The number of ether oxygens (including phenoxy) is 1. The maximum Gasteiger partial charge on any atom is 0.185 e. The first kappa shape index (κ1) is 21.1. The highest BCUT2D eigenvalue weighted by Crippen LogP contribution is 2.41. The van der Waals surface area contributed by atoms with Gasteiger partial charge in [-0.3, -0.25) is 4.79 Å². The van der Waals surface area contributed by atoms with Crippen molar-refractivity contribution in [2.24, 2.45) is 5.92 Å². The monoisotopic (exact) mass is 442 g/mol. The van der Waals surface area contributed by atoms with Gasteiger partial charge in [-0.1, -0.05) is 6.07 Å². The minimum Gasteiger partial charge on any atom is -0.496 e. The maximum atomic E-state index is 14.5. The van der Waals surface area contributed by atoms with Crippen molar-refractivity contribution in [2.45, 2.75) is 31.7 Å². The molecule has 0 unspecified atom stereocenters. The third-order valence-electron chi connectivity index (χ3n) is 6.64. The third kappa shape index (κ3) is 3.93. The van der Waals surface area contributed by atoms with Gasteiger partial charge in [0.25, 0.3) is 0 Å². The zero-order valence-corrected chi connectivity index (χ0v) is 18.3. The molecule has 2 aromatic carbocycles. The average molecular weight is 442 g/mol. The molecule has 2 heterocycles. The predicted octanol–water partition coefficient (Wildman–Crippen LogP) is 4.58. The number of hydrogen-bond acceptors (Lipinski definition) is 6. The molecule has 2 fully saturated rings. The second-order valence-corrected chi connectivity index (χ2v) is 8.62. The summed E-state index contributed by atoms with van der Waals surface area (Å²) in [6.45, 7) is 0.989. The van der Waals surface area contributed by atoms with Crippen LogP contribution in [-0.4, -0.2) is 35.4 Å². The van der Waals surface area contributed by atoms with Gasteiger partial charge in [-0.2, -0.15) is 5.26 Å². The summed E-state index contributed by atoms with van der Waals surface area (Å²) < 4.78 is 19.8. The molecule has 33 heavy (non-hydrogen) atoms. The Morgan fingerprint density at radius 1 is 1.27 bits per heavy atom. The van der Waals surface area contributed by atoms with E-state index < -0.39 is 5.82 Å². The van der Waals surface area contributed by atoms with E-state index in [0.717, 1.165) is 24.2 Å². The molecule has 2 bridgehead atoms. The Labute approximate surface area is 191 Å². The number of nitrogens with zero attached hydrogens (tertiary/aromatic N) is 4. The topological polar surface area (TPSA) is 79.1 Å². The molecule has 166 valence electrons. The van der Waals surface area contributed by atoms with E-state index in [4.69, 9.17) is 4.74 Å². The van der Waals surface area contributed by atoms with Gasteiger partial charge in [0, 0.05) is 30.9 Å². The molecule has 1 aromatic heterocycles. The number of rotatable bonds is 6. The largest absolute Gasteiger partial charge is 0.496 e. The molecule has 0 radical (unpaired) electrons. The molecule has 1 aliphatic carbocycles. The minimum absolute atomic E-state index is 0.0960. The molecule has 5 rings (SSSR count). The highest BCUT2D eigenvalue weighted by molar-refractivity contribution is 5.97. The van der Waals surface area contributed by atoms with Gasteiger partial charge in [0.2, 0.25) is 0 Å². The second-order valence-electron chi connectivity index (χ2n) is 8.62. The normalized spacial score (nSPS) is 18.9. The fourth-order valence-corrected chi connectivity index (χ4v) is 5.09. The van der Waals surface area contributed by atoms with E-state index in [9.17, 15) is 14.4 Å². The first-order valence-corrected chi connectivity index (χ1v) is 11.1. The molecule has 3 aromatic rings. The van der Waals surface area contributed by atoms with Crippen molar-refractivity contribution in [2.75, 3.05) is 18.6 Å². The number of carbonyl (C=O) groups excluding carboxylic acids is 1. The van der Waals surface area contributed by atoms with Crippen LogP contribution in [-0.2, 0) is 6.42 Å². The average Bonchev–Trinajstić information content (AvgIpc) is 3.47. The van der Waals surface area contributed by atoms with Gasteiger partial charge < -0.3 is 9.64 Å². The van der Waals surface area contributed by atoms with Crippen LogP contribution in [0.3, 0.4) is 0 Å². The van der Waals surface area contributed by atoms with Crippen molar-refractivity contribution in [1.82, 2.24) is 9.97 Å². The van der Waals surface area contributed by atoms with E-state index in [1.807, 2.05) is 12.1 Å². The summed E-state index contributed by atoms with van der Waals surface area (Å²) in [7, 11) is 1.45. The van der Waals surface area contributed by atoms with Crippen LogP contribution in [0.1, 0.15) is 40.9 Å². The lowest BCUT2D eigenvalue weighted by Crippen LogP contribution is -2.32. The standard InChI is InChI=1S/C26H23FN4O2/c1-33-24-4-2-3-20(27)25(24)26-29-10-9-21(30-26)23(32)13-18-11-16(14-28)6-8-22(18)31-15-17-5-7-19(31)12-17/h2-4,6,8-11,17,19H,5,7,12-13,15H2,1H3/t17-,19+/m1/s1. The van der Waals surface area contributed by atoms with Crippen LogP contribution in [0.15, 0.2) is 48.7 Å². The number of piperidine rings is 1. The van der Waals surface area contributed by atoms with Crippen molar-refractivity contribution >= 4 is 11.5 Å². The van der Waals surface area contributed by atoms with Crippen molar-refractivity contribution < 1.29 is 13.9 Å². The molecular formula is C26H23FN4O2. The molecule has 0 spiro atoms. The Morgan fingerprint density at radius 3 is 2.88 bits per heavy atom. The van der Waals surface area contributed by atoms with E-state index in [1.54, 1.807) is 18.2 Å². The molecule has 0 amide bonds. The van der Waals surface area contributed by atoms with E-state index in [2.05, 4.69) is 20.9 Å². The molecule has 0 N–H and O–H groups in total. The van der Waals surface area contributed by atoms with Crippen molar-refractivity contribution in [1.29, 1.82) is 5.26 Å². The number of methoxy groups -OCH3 is 1. The Kier molecular flexibility index (Phi) is 5.51. The molecule has 7 heteroatoms. The van der Waals surface area contributed by atoms with Crippen molar-refractivity contribution in [3.8, 4) is 23.2 Å². The van der Waals surface area contributed by atoms with Crippen LogP contribution in [0.2, 0.25) is 0 Å². The van der Waals surface area contributed by atoms with Crippen LogP contribution in [0.25, 0.3) is 11.4 Å². The quantitative estimate of drug-likeness (QED) is 0.520. The number of aromatic nitrogens is 2. The van der Waals surface area contributed by atoms with Crippen LogP contribution < -0.4 is 9.64 Å². The van der Waals surface area contributed by atoms with Crippen LogP contribution in [0, 0.1) is 23.1 Å². The maximum absolute atomic E-state index is 14.5. The number of nitriles is 1. The number of ketones is 1. The first-order valence-electron chi connectivity index (χ1n) is 11.1. The van der Waals surface area contributed by atoms with E-state index >= 15 is 0 Å². The summed E-state index contributed by atoms with van der Waals surface area (Å²) in [5.41, 5.74) is 2.66. The molecule has 2 aliphatic rings. The van der Waals surface area contributed by atoms with Gasteiger partial charge in [0.15, 0.2) is 11.6 Å². The lowest BCUT2D eigenvalue weighted by atomic mass is 10.00. The highest BCUT2D eigenvalue weighted by atomic mass is 19.1. The van der Waals surface area contributed by atoms with Gasteiger partial charge in [0.1, 0.15) is 17.3 Å². The summed E-state index contributed by atoms with van der Waals surface area (Å²) in [5, 5.41) is 9.40. The summed E-state index contributed by atoms with van der Waals surface area (Å²) >= 11 is 0. The van der Waals surface area contributed by atoms with Gasteiger partial charge in [-0.05, 0) is 67.1 Å². The van der Waals surface area contributed by atoms with E-state index in [1.165, 1.54) is 38.3 Å². The fraction of sp³-hybridized carbons (Fsp3) is 0.308. The Hall–Kier alpha value is -3.79. The van der Waals surface area contributed by atoms with E-state index in [-0.39, 0.29) is 29.3 Å². The number of anilines is 1. The number of Topliss-reactive ketones (excluding diaryl/α,β-unsaturated/α-hetero) is 1. The number of benzene rings is 2. The summed E-state index contributed by atoms with van der Waals surface area (Å²) in [6, 6.07) is 14.2. The lowest BCUT2D eigenvalue weighted by Gasteiger charge is -2.31. The third-order valence-corrected chi connectivity index (χ3v) is 6.64. The number of fused-ring (bicyclic) bond motifs is 2. The zero-order chi connectivity index (χ0) is 22.9. The molecular weight excluding hydrogens is 419 g/mol. The fourth-order valence-electron chi connectivity index (χ4n) is 5.09. The van der Waals surface area contributed by atoms with Crippen molar-refractivity contribution in [3.05, 3.63) is 71.3 Å². The molecule has 1 saturated heterocycles. The molecule has 1 saturated carbocycles. The Morgan fingerprint density at radius 2 is 2.15 bits per heavy atom. The van der Waals surface area contributed by atoms with Crippen molar-refractivity contribution in [3.63, 3.8) is 0 Å². The molecule has 2 atom stereocenters. The van der Waals surface area contributed by atoms with Gasteiger partial charge in [0.05, 0.1) is 24.3 Å². The Balaban J connectivity index is 1.47. The second kappa shape index (κ2) is 8.62. The summed E-state index contributed by atoms with van der Waals surface area (Å²) in [4.78, 5) is 24.2. The smallest absolute Gasteiger partial charge is 0.185 e. The summed E-state index contributed by atoms with van der Waals surface area (Å²) in [5.74, 6) is 0.363. The SMILES string of the molecule is COc1cccc(F)c1-c1nccc(C(=O)Cc2cc(C#N)ccc2N2C[C@@H]3CC[C@H]2C3)n1. The predicted molar refractivity (Wildman–Crippen MR) is 122 cm³/mol. The van der Waals surface area contributed by atoms with Crippen LogP contribution >= 0.6 is 0 Å².